The number of fused-ring (bicyclic) bond motifs is 1. The van der Waals surface area contributed by atoms with Crippen molar-refractivity contribution in [3.8, 4) is 0 Å². The summed E-state index contributed by atoms with van der Waals surface area (Å²) in [6, 6.07) is 10.1. The minimum absolute atomic E-state index is 0.0788. The predicted molar refractivity (Wildman–Crippen MR) is 204 cm³/mol. The van der Waals surface area contributed by atoms with Crippen LogP contribution in [0.3, 0.4) is 0 Å². The van der Waals surface area contributed by atoms with E-state index >= 15 is 0 Å². The van der Waals surface area contributed by atoms with E-state index in [-0.39, 0.29) is 16.8 Å². The summed E-state index contributed by atoms with van der Waals surface area (Å²) in [5, 5.41) is 23.6. The van der Waals surface area contributed by atoms with Crippen molar-refractivity contribution in [3.63, 3.8) is 0 Å². The summed E-state index contributed by atoms with van der Waals surface area (Å²) >= 11 is 1.92. The molecule has 1 aromatic heterocycles. The van der Waals surface area contributed by atoms with Gasteiger partial charge in [-0.25, -0.2) is 0 Å². The summed E-state index contributed by atoms with van der Waals surface area (Å²) in [4.78, 5) is 14.6. The number of hydrogen-bond acceptors (Lipinski definition) is 3. The highest BCUT2D eigenvalue weighted by atomic mass is 32.1. The highest BCUT2D eigenvalue weighted by Gasteiger charge is 2.81. The van der Waals surface area contributed by atoms with Gasteiger partial charge in [0, 0.05) is 39.9 Å². The van der Waals surface area contributed by atoms with E-state index < -0.39 is 0 Å². The first-order valence-corrected chi connectivity index (χ1v) is 20.2. The third-order valence-corrected chi connectivity index (χ3v) is 18.3. The molecule has 7 aromatic carbocycles. The average molecular weight is 667 g/mol. The highest BCUT2D eigenvalue weighted by Crippen LogP contribution is 2.86. The van der Waals surface area contributed by atoms with Gasteiger partial charge in [-0.15, -0.1) is 11.3 Å². The van der Waals surface area contributed by atoms with Gasteiger partial charge in [0.1, 0.15) is 0 Å². The second kappa shape index (κ2) is 6.34. The Labute approximate surface area is 294 Å². The van der Waals surface area contributed by atoms with Crippen molar-refractivity contribution < 1.29 is 9.53 Å². The molecular formula is C48H26O2S. The molecule has 236 valence electrons. The van der Waals surface area contributed by atoms with Gasteiger partial charge in [0.05, 0.1) is 7.11 Å². The minimum atomic E-state index is -0.147. The van der Waals surface area contributed by atoms with E-state index in [1.165, 1.54) is 10.1 Å². The molecule has 8 aromatic rings. The van der Waals surface area contributed by atoms with Gasteiger partial charge in [0.15, 0.2) is 0 Å². The minimum Gasteiger partial charge on any atom is -0.469 e. The molecule has 1 heterocycles. The number of esters is 1. The van der Waals surface area contributed by atoms with Crippen molar-refractivity contribution >= 4 is 99.2 Å². The Kier molecular flexibility index (Phi) is 2.95. The molecule has 1 fully saturated rings. The molecule has 0 aliphatic heterocycles. The molecule has 10 aliphatic rings. The highest BCUT2D eigenvalue weighted by molar-refractivity contribution is 7.10. The maximum Gasteiger partial charge on any atom is 0.305 e. The summed E-state index contributed by atoms with van der Waals surface area (Å²) in [6.07, 6.45) is 13.0. The second-order valence-electron chi connectivity index (χ2n) is 18.3. The number of benzene rings is 5. The van der Waals surface area contributed by atoms with Crippen LogP contribution < -0.4 is 5.22 Å². The van der Waals surface area contributed by atoms with Crippen LogP contribution in [0.4, 0.5) is 0 Å². The molecule has 0 radical (unpaired) electrons. The van der Waals surface area contributed by atoms with Gasteiger partial charge in [-0.1, -0.05) is 36.4 Å². The van der Waals surface area contributed by atoms with Crippen LogP contribution in [0.5, 0.6) is 0 Å². The third-order valence-electron chi connectivity index (χ3n) is 17.3. The molecule has 7 atom stereocenters. The Bertz CT molecular complexity index is 3480. The van der Waals surface area contributed by atoms with Gasteiger partial charge in [0.2, 0.25) is 0 Å². The fraction of sp³-hybridized carbons (Fsp3) is 0.271. The zero-order chi connectivity index (χ0) is 32.1. The van der Waals surface area contributed by atoms with Crippen LogP contribution in [0.25, 0.3) is 81.9 Å². The van der Waals surface area contributed by atoms with Gasteiger partial charge in [-0.3, -0.25) is 4.79 Å². The number of ether oxygens (including phenoxy) is 1. The quantitative estimate of drug-likeness (QED) is 0.138. The molecule has 2 nitrogen and oxygen atoms in total. The second-order valence-corrected chi connectivity index (χ2v) is 19.2. The molecule has 0 amide bonds. The number of methoxy groups -OCH3 is 1. The number of thiophene rings is 1. The topological polar surface area (TPSA) is 26.3 Å². The first-order chi connectivity index (χ1) is 25.2. The first kappa shape index (κ1) is 23.7. The molecule has 0 N–H and O–H groups in total. The fourth-order valence-electron chi connectivity index (χ4n) is 16.5. The SMILES string of the molecule is COC(=O)CCC1(c2cccs2)C2c3cc4c5c6c3c3c7c8c9c%10c%11c%12c%13c%14c(cc%15c%16c(c(c%11c%14%16)c6c3%10)C5C(C=4)C%15)CC%13=CC(CC8=CC721)C%129. The van der Waals surface area contributed by atoms with Gasteiger partial charge in [-0.2, -0.15) is 0 Å². The molecule has 18 rings (SSSR count). The van der Waals surface area contributed by atoms with Gasteiger partial charge in [-0.05, 0) is 186 Å². The van der Waals surface area contributed by atoms with Crippen LogP contribution in [0, 0.1) is 11.8 Å². The summed E-state index contributed by atoms with van der Waals surface area (Å²) in [5.41, 5.74) is 19.6. The number of rotatable bonds is 4. The zero-order valence-corrected chi connectivity index (χ0v) is 28.6. The molecule has 0 saturated heterocycles. The standard InChI is InChI=1S/C48H26O2S/c1-50-24(49)4-5-47(23-3-2-6-51-23)46-22-13-20-11-17-9-18-8-15-7-16-10-19-12-21-14-48(46,47)45-31(21)36-30(19)35-26(16)25(15)33-29(18)34-27(17)28(20)37-32(22)44(45)43-41(36)39(35)38(33)40(34)42(37)43/h2-3,6,8,10-11,13-14,17,19,27,30,46H,4-5,7,9,12H2,1H3. The fourth-order valence-corrected chi connectivity index (χ4v) is 17.5. The number of carbonyl (C=O) groups excluding carboxylic acids is 1. The van der Waals surface area contributed by atoms with Crippen LogP contribution in [0.15, 0.2) is 41.8 Å². The normalized spacial score (nSPS) is 32.4. The molecule has 7 unspecified atom stereocenters. The van der Waals surface area contributed by atoms with Crippen LogP contribution >= 0.6 is 11.3 Å². The van der Waals surface area contributed by atoms with Crippen LogP contribution in [-0.2, 0) is 33.2 Å². The average Bonchev–Trinajstić information content (AvgIpc) is 3.92. The number of carbonyl (C=O) groups is 1. The smallest absolute Gasteiger partial charge is 0.305 e. The van der Waals surface area contributed by atoms with Crippen molar-refractivity contribution in [2.45, 2.75) is 60.7 Å². The molecule has 1 spiro atoms. The van der Waals surface area contributed by atoms with E-state index in [0.29, 0.717) is 36.0 Å². The molecule has 51 heavy (non-hydrogen) atoms. The zero-order valence-electron chi connectivity index (χ0n) is 27.8. The Hall–Kier alpha value is -4.73. The van der Waals surface area contributed by atoms with Crippen molar-refractivity contribution in [3.05, 3.63) is 108 Å². The van der Waals surface area contributed by atoms with Crippen LogP contribution in [0.2, 0.25) is 0 Å². The van der Waals surface area contributed by atoms with E-state index in [4.69, 9.17) is 4.74 Å². The Morgan fingerprint density at radius 1 is 0.784 bits per heavy atom. The Morgan fingerprint density at radius 2 is 1.57 bits per heavy atom. The monoisotopic (exact) mass is 666 g/mol. The lowest BCUT2D eigenvalue weighted by Gasteiger charge is -2.36. The predicted octanol–water partition coefficient (Wildman–Crippen LogP) is 9.73. The lowest BCUT2D eigenvalue weighted by molar-refractivity contribution is -0.140. The van der Waals surface area contributed by atoms with Gasteiger partial charge >= 0.3 is 5.97 Å². The third kappa shape index (κ3) is 1.78. The van der Waals surface area contributed by atoms with Crippen molar-refractivity contribution in [1.82, 2.24) is 0 Å². The summed E-state index contributed by atoms with van der Waals surface area (Å²) in [5.74, 6) is 2.26. The summed E-state index contributed by atoms with van der Waals surface area (Å²) < 4.78 is 5.37. The maximum atomic E-state index is 13.1. The van der Waals surface area contributed by atoms with Gasteiger partial charge in [0.25, 0.3) is 0 Å². The lowest BCUT2D eigenvalue weighted by atomic mass is 9.67. The van der Waals surface area contributed by atoms with Crippen molar-refractivity contribution in [2.24, 2.45) is 11.8 Å². The van der Waals surface area contributed by atoms with E-state index in [1.54, 1.807) is 139 Å². The Morgan fingerprint density at radius 3 is 2.43 bits per heavy atom. The van der Waals surface area contributed by atoms with E-state index in [0.717, 1.165) is 25.7 Å². The van der Waals surface area contributed by atoms with Crippen LogP contribution in [0.1, 0.15) is 97.5 Å². The van der Waals surface area contributed by atoms with Crippen molar-refractivity contribution in [1.29, 1.82) is 0 Å². The van der Waals surface area contributed by atoms with Crippen molar-refractivity contribution in [2.75, 3.05) is 7.11 Å². The number of hydrogen-bond donors (Lipinski definition) is 0. The maximum absolute atomic E-state index is 13.1. The summed E-state index contributed by atoms with van der Waals surface area (Å²) in [7, 11) is 1.56. The van der Waals surface area contributed by atoms with Gasteiger partial charge < -0.3 is 4.74 Å². The van der Waals surface area contributed by atoms with E-state index in [9.17, 15) is 4.79 Å². The molecule has 1 saturated carbocycles. The van der Waals surface area contributed by atoms with E-state index in [1.807, 2.05) is 11.3 Å². The van der Waals surface area contributed by atoms with E-state index in [2.05, 4.69) is 47.9 Å². The molecular weight excluding hydrogens is 641 g/mol. The molecule has 10 aliphatic carbocycles. The molecule has 0 bridgehead atoms. The van der Waals surface area contributed by atoms with Crippen LogP contribution in [-0.4, -0.2) is 13.1 Å². The summed E-state index contributed by atoms with van der Waals surface area (Å²) in [6.45, 7) is 0. The number of allylic oxidation sites excluding steroid dienone is 4. The first-order valence-electron chi connectivity index (χ1n) is 19.3. The Balaban J connectivity index is 1.17. The lowest BCUT2D eigenvalue weighted by Crippen LogP contribution is -2.23. The molecule has 3 heteroatoms. The largest absolute Gasteiger partial charge is 0.469 e.